The van der Waals surface area contributed by atoms with Gasteiger partial charge in [-0.3, -0.25) is 9.78 Å². The summed E-state index contributed by atoms with van der Waals surface area (Å²) in [6, 6.07) is 17.1. The first-order valence-electron chi connectivity index (χ1n) is 8.72. The molecule has 0 aliphatic carbocycles. The van der Waals surface area contributed by atoms with E-state index in [-0.39, 0.29) is 11.9 Å². The second-order valence-corrected chi connectivity index (χ2v) is 5.93. The molecule has 5 heteroatoms. The van der Waals surface area contributed by atoms with E-state index in [1.807, 2.05) is 54.6 Å². The molecule has 2 aromatic carbocycles. The number of fused-ring (bicyclic) bond motifs is 1. The maximum absolute atomic E-state index is 12.4. The number of nitrogens with one attached hydrogen (secondary N) is 1. The van der Waals surface area contributed by atoms with Gasteiger partial charge in [-0.1, -0.05) is 42.5 Å². The van der Waals surface area contributed by atoms with Crippen LogP contribution < -0.4 is 5.32 Å². The van der Waals surface area contributed by atoms with Crippen molar-refractivity contribution in [2.24, 2.45) is 0 Å². The minimum absolute atomic E-state index is 0.167. The lowest BCUT2D eigenvalue weighted by molar-refractivity contribution is -0.137. The van der Waals surface area contributed by atoms with Crippen molar-refractivity contribution in [1.29, 1.82) is 0 Å². The summed E-state index contributed by atoms with van der Waals surface area (Å²) in [5.41, 5.74) is 3.24. The Morgan fingerprint density at radius 2 is 1.89 bits per heavy atom. The zero-order valence-electron chi connectivity index (χ0n) is 15.0. The predicted molar refractivity (Wildman–Crippen MR) is 105 cm³/mol. The molecule has 136 valence electrons. The molecule has 0 aliphatic heterocycles. The first-order chi connectivity index (χ1) is 13.2. The molecule has 0 saturated heterocycles. The summed E-state index contributed by atoms with van der Waals surface area (Å²) in [5, 5.41) is 3.83. The van der Waals surface area contributed by atoms with Crippen LogP contribution in [-0.2, 0) is 16.1 Å². The van der Waals surface area contributed by atoms with Crippen molar-refractivity contribution in [2.45, 2.75) is 13.5 Å². The average molecular weight is 360 g/mol. The summed E-state index contributed by atoms with van der Waals surface area (Å²) in [4.78, 5) is 28.0. The second-order valence-electron chi connectivity index (χ2n) is 5.93. The quantitative estimate of drug-likeness (QED) is 0.537. The van der Waals surface area contributed by atoms with Gasteiger partial charge in [0.15, 0.2) is 0 Å². The van der Waals surface area contributed by atoms with E-state index in [0.29, 0.717) is 18.7 Å². The molecule has 0 aliphatic rings. The molecule has 0 radical (unpaired) electrons. The Hall–Kier alpha value is -3.47. The van der Waals surface area contributed by atoms with Crippen molar-refractivity contribution in [1.82, 2.24) is 10.3 Å². The van der Waals surface area contributed by atoms with Crippen LogP contribution in [0.2, 0.25) is 0 Å². The molecular formula is C22H20N2O3. The Labute approximate surface area is 157 Å². The predicted octanol–water partition coefficient (Wildman–Crippen LogP) is 3.74. The number of ether oxygens (including phenoxy) is 1. The average Bonchev–Trinajstić information content (AvgIpc) is 2.71. The van der Waals surface area contributed by atoms with Gasteiger partial charge in [0.25, 0.3) is 5.91 Å². The van der Waals surface area contributed by atoms with Crippen LogP contribution in [0.3, 0.4) is 0 Å². The maximum atomic E-state index is 12.4. The van der Waals surface area contributed by atoms with Crippen LogP contribution in [-0.4, -0.2) is 23.5 Å². The van der Waals surface area contributed by atoms with E-state index in [1.54, 1.807) is 19.2 Å². The molecule has 1 aromatic heterocycles. The second kappa shape index (κ2) is 8.76. The molecule has 3 aromatic rings. The lowest BCUT2D eigenvalue weighted by Gasteiger charge is -2.06. The maximum Gasteiger partial charge on any atom is 0.330 e. The van der Waals surface area contributed by atoms with Crippen molar-refractivity contribution in [3.8, 4) is 0 Å². The summed E-state index contributed by atoms with van der Waals surface area (Å²) in [6.07, 6.45) is 4.68. The first kappa shape index (κ1) is 18.3. The lowest BCUT2D eigenvalue weighted by atomic mass is 10.1. The summed E-state index contributed by atoms with van der Waals surface area (Å²) < 4.78 is 4.84. The molecule has 0 fully saturated rings. The molecule has 0 unspecified atom stereocenters. The Balaban J connectivity index is 1.58. The van der Waals surface area contributed by atoms with Gasteiger partial charge in [-0.05, 0) is 36.3 Å². The van der Waals surface area contributed by atoms with Gasteiger partial charge < -0.3 is 10.1 Å². The van der Waals surface area contributed by atoms with Gasteiger partial charge in [0.1, 0.15) is 0 Å². The van der Waals surface area contributed by atoms with Crippen molar-refractivity contribution in [3.05, 3.63) is 83.6 Å². The van der Waals surface area contributed by atoms with E-state index in [4.69, 9.17) is 4.74 Å². The number of pyridine rings is 1. The van der Waals surface area contributed by atoms with Gasteiger partial charge in [-0.15, -0.1) is 0 Å². The van der Waals surface area contributed by atoms with E-state index < -0.39 is 0 Å². The third-order valence-electron chi connectivity index (χ3n) is 3.98. The monoisotopic (exact) mass is 360 g/mol. The lowest BCUT2D eigenvalue weighted by Crippen LogP contribution is -2.22. The highest BCUT2D eigenvalue weighted by Gasteiger charge is 2.07. The Morgan fingerprint density at radius 1 is 1.11 bits per heavy atom. The third-order valence-corrected chi connectivity index (χ3v) is 3.98. The van der Waals surface area contributed by atoms with Crippen LogP contribution in [0.4, 0.5) is 0 Å². The van der Waals surface area contributed by atoms with Crippen LogP contribution >= 0.6 is 0 Å². The fourth-order valence-electron chi connectivity index (χ4n) is 2.58. The molecule has 0 spiro atoms. The number of aromatic nitrogens is 1. The number of hydrogen-bond donors (Lipinski definition) is 1. The number of amides is 1. The third kappa shape index (κ3) is 5.01. The molecule has 5 nitrogen and oxygen atoms in total. The van der Waals surface area contributed by atoms with Crippen molar-refractivity contribution < 1.29 is 14.3 Å². The number of carbonyl (C=O) groups is 2. The minimum atomic E-state index is -0.363. The number of rotatable bonds is 6. The fourth-order valence-corrected chi connectivity index (χ4v) is 2.58. The number of nitrogens with zero attached hydrogens (tertiary/aromatic N) is 1. The Morgan fingerprint density at radius 3 is 2.67 bits per heavy atom. The smallest absolute Gasteiger partial charge is 0.330 e. The van der Waals surface area contributed by atoms with Crippen LogP contribution in [0.15, 0.2) is 66.9 Å². The summed E-state index contributed by atoms with van der Waals surface area (Å²) in [7, 11) is 0. The highest BCUT2D eigenvalue weighted by atomic mass is 16.5. The standard InChI is InChI=1S/C22H20N2O3/c1-2-27-21(25)12-11-16-7-9-17(10-8-16)14-24-22(26)19-13-18-5-3-4-6-20(18)23-15-19/h3-13,15H,2,14H2,1H3,(H,24,26). The van der Waals surface area contributed by atoms with Gasteiger partial charge in [-0.2, -0.15) is 0 Å². The molecule has 27 heavy (non-hydrogen) atoms. The fraction of sp³-hybridized carbons (Fsp3) is 0.136. The molecule has 0 bridgehead atoms. The Bertz CT molecular complexity index is 978. The zero-order valence-corrected chi connectivity index (χ0v) is 15.0. The van der Waals surface area contributed by atoms with E-state index in [0.717, 1.165) is 22.0 Å². The molecular weight excluding hydrogens is 340 g/mol. The topological polar surface area (TPSA) is 68.3 Å². The number of esters is 1. The number of hydrogen-bond acceptors (Lipinski definition) is 4. The number of carbonyl (C=O) groups excluding carboxylic acids is 2. The number of benzene rings is 2. The SMILES string of the molecule is CCOC(=O)C=Cc1ccc(CNC(=O)c2cnc3ccccc3c2)cc1. The van der Waals surface area contributed by atoms with E-state index >= 15 is 0 Å². The van der Waals surface area contributed by atoms with E-state index in [9.17, 15) is 9.59 Å². The highest BCUT2D eigenvalue weighted by molar-refractivity contribution is 5.97. The molecule has 1 amide bonds. The van der Waals surface area contributed by atoms with Gasteiger partial charge >= 0.3 is 5.97 Å². The minimum Gasteiger partial charge on any atom is -0.463 e. The van der Waals surface area contributed by atoms with E-state index in [1.165, 1.54) is 6.08 Å². The normalized spacial score (nSPS) is 10.9. The Kier molecular flexibility index (Phi) is 5.94. The zero-order chi connectivity index (χ0) is 19.1. The van der Waals surface area contributed by atoms with Crippen LogP contribution in [0.5, 0.6) is 0 Å². The first-order valence-corrected chi connectivity index (χ1v) is 8.72. The van der Waals surface area contributed by atoms with E-state index in [2.05, 4.69) is 10.3 Å². The van der Waals surface area contributed by atoms with Crippen LogP contribution in [0.25, 0.3) is 17.0 Å². The summed E-state index contributed by atoms with van der Waals surface area (Å²) in [5.74, 6) is -0.530. The van der Waals surface area contributed by atoms with Crippen LogP contribution in [0.1, 0.15) is 28.4 Å². The molecule has 0 saturated carbocycles. The number of para-hydroxylation sites is 1. The summed E-state index contributed by atoms with van der Waals surface area (Å²) in [6.45, 7) is 2.53. The highest BCUT2D eigenvalue weighted by Crippen LogP contribution is 2.13. The van der Waals surface area contributed by atoms with Gasteiger partial charge in [-0.25, -0.2) is 4.79 Å². The molecule has 3 rings (SSSR count). The van der Waals surface area contributed by atoms with Crippen LogP contribution in [0, 0.1) is 0 Å². The van der Waals surface area contributed by atoms with Crippen molar-refractivity contribution in [2.75, 3.05) is 6.61 Å². The largest absolute Gasteiger partial charge is 0.463 e. The van der Waals surface area contributed by atoms with Gasteiger partial charge in [0.2, 0.25) is 0 Å². The van der Waals surface area contributed by atoms with Gasteiger partial charge in [0.05, 0.1) is 17.7 Å². The molecule has 1 N–H and O–H groups in total. The molecule has 0 atom stereocenters. The van der Waals surface area contributed by atoms with Crippen molar-refractivity contribution >= 4 is 28.9 Å². The van der Waals surface area contributed by atoms with Crippen molar-refractivity contribution in [3.63, 3.8) is 0 Å². The molecule has 1 heterocycles. The van der Waals surface area contributed by atoms with Gasteiger partial charge in [0, 0.05) is 24.2 Å². The summed E-state index contributed by atoms with van der Waals surface area (Å²) >= 11 is 0.